The highest BCUT2D eigenvalue weighted by molar-refractivity contribution is 6.26. The molecule has 0 saturated carbocycles. The topological polar surface area (TPSA) is 83.7 Å². The standard InChI is InChI=1S/C51H28N4O2/c1-29-11-10-12-30(27-52)47(29)31-25-41(54-39-17-6-2-13-32(39)34-21-23-45-48(50(34)54)36-15-4-8-19-43(36)56-45)38(28-53)42(26-31)55-40-18-7-3-14-33(40)35-22-24-46-49(51(35)55)37-16-5-9-20-44(37)57-46/h2-26H,1H3. The van der Waals surface area contributed by atoms with E-state index >= 15 is 0 Å². The number of para-hydroxylation sites is 4. The smallest absolute Gasteiger partial charge is 0.137 e. The van der Waals surface area contributed by atoms with Crippen LogP contribution in [0.4, 0.5) is 0 Å². The molecule has 12 rings (SSSR count). The molecule has 0 spiro atoms. The largest absolute Gasteiger partial charge is 0.456 e. The van der Waals surface area contributed by atoms with Gasteiger partial charge in [0, 0.05) is 37.9 Å². The number of hydrogen-bond donors (Lipinski definition) is 0. The second kappa shape index (κ2) is 11.5. The van der Waals surface area contributed by atoms with Crippen molar-refractivity contribution in [2.75, 3.05) is 0 Å². The average Bonchev–Trinajstić information content (AvgIpc) is 4.00. The summed E-state index contributed by atoms with van der Waals surface area (Å²) < 4.78 is 17.4. The van der Waals surface area contributed by atoms with Gasteiger partial charge in [0.2, 0.25) is 0 Å². The molecule has 0 saturated heterocycles. The summed E-state index contributed by atoms with van der Waals surface area (Å²) in [6, 6.07) is 56.5. The molecule has 0 fully saturated rings. The molecule has 0 aliphatic heterocycles. The van der Waals surface area contributed by atoms with Gasteiger partial charge in [-0.2, -0.15) is 10.5 Å². The lowest BCUT2D eigenvalue weighted by molar-refractivity contribution is 0.669. The zero-order valence-corrected chi connectivity index (χ0v) is 30.5. The SMILES string of the molecule is Cc1cccc(C#N)c1-c1cc(-n2c3ccccc3c3ccc4oc5ccccc5c4c32)c(C#N)c(-n2c3ccccc3c3ccc4oc5ccccc5c4c32)c1. The van der Waals surface area contributed by atoms with E-state index in [1.54, 1.807) is 0 Å². The number of rotatable bonds is 3. The molecule has 6 nitrogen and oxygen atoms in total. The van der Waals surface area contributed by atoms with Crippen molar-refractivity contribution in [2.24, 2.45) is 0 Å². The van der Waals surface area contributed by atoms with Gasteiger partial charge >= 0.3 is 0 Å². The van der Waals surface area contributed by atoms with E-state index in [0.717, 1.165) is 104 Å². The Morgan fingerprint density at radius 3 is 1.46 bits per heavy atom. The summed E-state index contributed by atoms with van der Waals surface area (Å²) in [5.41, 5.74) is 12.0. The lowest BCUT2D eigenvalue weighted by Gasteiger charge is -2.20. The third-order valence-electron chi connectivity index (χ3n) is 11.7. The molecule has 4 heterocycles. The molecule has 0 radical (unpaired) electrons. The lowest BCUT2D eigenvalue weighted by Crippen LogP contribution is -2.06. The van der Waals surface area contributed by atoms with E-state index in [2.05, 4.69) is 94.1 Å². The minimum Gasteiger partial charge on any atom is -0.456 e. The van der Waals surface area contributed by atoms with Gasteiger partial charge in [0.1, 0.15) is 34.0 Å². The van der Waals surface area contributed by atoms with Crippen LogP contribution in [-0.4, -0.2) is 9.13 Å². The number of fused-ring (bicyclic) bond motifs is 14. The van der Waals surface area contributed by atoms with Crippen molar-refractivity contribution in [3.05, 3.63) is 168 Å². The van der Waals surface area contributed by atoms with E-state index in [-0.39, 0.29) is 0 Å². The molecule has 264 valence electrons. The number of hydrogen-bond acceptors (Lipinski definition) is 4. The molecule has 0 bridgehead atoms. The van der Waals surface area contributed by atoms with Crippen molar-refractivity contribution in [1.82, 2.24) is 9.13 Å². The summed E-state index contributed by atoms with van der Waals surface area (Å²) in [5.74, 6) is 0. The summed E-state index contributed by atoms with van der Waals surface area (Å²) in [7, 11) is 0. The highest BCUT2D eigenvalue weighted by atomic mass is 16.3. The molecule has 0 amide bonds. The van der Waals surface area contributed by atoms with Crippen molar-refractivity contribution in [2.45, 2.75) is 6.92 Å². The van der Waals surface area contributed by atoms with Crippen LogP contribution in [0, 0.1) is 29.6 Å². The second-order valence-electron chi connectivity index (χ2n) is 14.7. The maximum Gasteiger partial charge on any atom is 0.137 e. The molecule has 0 aliphatic rings. The van der Waals surface area contributed by atoms with Gasteiger partial charge in [-0.3, -0.25) is 0 Å². The first-order valence-electron chi connectivity index (χ1n) is 18.9. The van der Waals surface area contributed by atoms with Gasteiger partial charge in [0.05, 0.1) is 55.8 Å². The molecular formula is C51H28N4O2. The third-order valence-corrected chi connectivity index (χ3v) is 11.7. The summed E-state index contributed by atoms with van der Waals surface area (Å²) in [4.78, 5) is 0. The highest BCUT2D eigenvalue weighted by Gasteiger charge is 2.26. The first kappa shape index (κ1) is 31.3. The highest BCUT2D eigenvalue weighted by Crippen LogP contribution is 2.46. The summed E-state index contributed by atoms with van der Waals surface area (Å²) in [5, 5.41) is 30.3. The number of furan rings is 2. The fourth-order valence-electron chi connectivity index (χ4n) is 9.40. The van der Waals surface area contributed by atoms with Crippen LogP contribution in [0.1, 0.15) is 16.7 Å². The average molecular weight is 729 g/mol. The summed E-state index contributed by atoms with van der Waals surface area (Å²) in [6.07, 6.45) is 0. The Morgan fingerprint density at radius 2 is 0.947 bits per heavy atom. The van der Waals surface area contributed by atoms with Gasteiger partial charge in [-0.15, -0.1) is 0 Å². The molecular weight excluding hydrogens is 701 g/mol. The van der Waals surface area contributed by atoms with Gasteiger partial charge in [-0.05, 0) is 84.8 Å². The fourth-order valence-corrected chi connectivity index (χ4v) is 9.40. The van der Waals surface area contributed by atoms with Crippen molar-refractivity contribution in [3.63, 3.8) is 0 Å². The predicted octanol–water partition coefficient (Wildman–Crippen LogP) is 13.4. The van der Waals surface area contributed by atoms with Crippen molar-refractivity contribution in [1.29, 1.82) is 10.5 Å². The van der Waals surface area contributed by atoms with Crippen LogP contribution in [0.3, 0.4) is 0 Å². The molecule has 4 aromatic heterocycles. The Morgan fingerprint density at radius 1 is 0.456 bits per heavy atom. The Bertz CT molecular complexity index is 3590. The fraction of sp³-hybridized carbons (Fsp3) is 0.0196. The molecule has 0 unspecified atom stereocenters. The quantitative estimate of drug-likeness (QED) is 0.181. The van der Waals surface area contributed by atoms with Crippen LogP contribution < -0.4 is 0 Å². The molecule has 8 aromatic carbocycles. The van der Waals surface area contributed by atoms with Gasteiger partial charge in [-0.1, -0.05) is 84.9 Å². The Hall–Kier alpha value is -8.06. The van der Waals surface area contributed by atoms with Gasteiger partial charge in [0.25, 0.3) is 0 Å². The zero-order chi connectivity index (χ0) is 37.9. The minimum absolute atomic E-state index is 0.491. The zero-order valence-electron chi connectivity index (χ0n) is 30.5. The Labute approximate surface area is 324 Å². The molecule has 12 aromatic rings. The number of aryl methyl sites for hydroxylation is 1. The van der Waals surface area contributed by atoms with Crippen molar-refractivity contribution < 1.29 is 8.83 Å². The first-order chi connectivity index (χ1) is 28.1. The number of nitriles is 2. The summed E-state index contributed by atoms with van der Waals surface area (Å²) >= 11 is 0. The monoisotopic (exact) mass is 728 g/mol. The summed E-state index contributed by atoms with van der Waals surface area (Å²) in [6.45, 7) is 2.04. The van der Waals surface area contributed by atoms with Crippen LogP contribution in [0.5, 0.6) is 0 Å². The van der Waals surface area contributed by atoms with Crippen LogP contribution in [0.15, 0.2) is 160 Å². The molecule has 0 aliphatic carbocycles. The maximum atomic E-state index is 11.6. The van der Waals surface area contributed by atoms with Gasteiger partial charge in [-0.25, -0.2) is 0 Å². The van der Waals surface area contributed by atoms with E-state index in [4.69, 9.17) is 8.83 Å². The van der Waals surface area contributed by atoms with Gasteiger partial charge in [0.15, 0.2) is 0 Å². The second-order valence-corrected chi connectivity index (χ2v) is 14.7. The lowest BCUT2D eigenvalue weighted by atomic mass is 9.93. The van der Waals surface area contributed by atoms with Crippen molar-refractivity contribution in [3.8, 4) is 34.6 Å². The molecule has 0 atom stereocenters. The van der Waals surface area contributed by atoms with E-state index in [0.29, 0.717) is 22.5 Å². The maximum absolute atomic E-state index is 11.6. The van der Waals surface area contributed by atoms with Gasteiger partial charge < -0.3 is 18.0 Å². The van der Waals surface area contributed by atoms with E-state index in [9.17, 15) is 10.5 Å². The van der Waals surface area contributed by atoms with E-state index in [1.807, 2.05) is 85.8 Å². The third kappa shape index (κ3) is 4.16. The molecule has 57 heavy (non-hydrogen) atoms. The molecule has 6 heteroatoms. The van der Waals surface area contributed by atoms with Crippen LogP contribution in [0.2, 0.25) is 0 Å². The van der Waals surface area contributed by atoms with Crippen LogP contribution >= 0.6 is 0 Å². The molecule has 0 N–H and O–H groups in total. The first-order valence-corrected chi connectivity index (χ1v) is 18.9. The van der Waals surface area contributed by atoms with Crippen molar-refractivity contribution >= 4 is 87.5 Å². The van der Waals surface area contributed by atoms with Crippen LogP contribution in [-0.2, 0) is 0 Å². The van der Waals surface area contributed by atoms with E-state index in [1.165, 1.54) is 0 Å². The Kier molecular flexibility index (Phi) is 6.30. The number of aromatic nitrogens is 2. The number of benzene rings is 8. The van der Waals surface area contributed by atoms with Crippen LogP contribution in [0.25, 0.3) is 110 Å². The Balaban J connectivity index is 1.33. The normalized spacial score (nSPS) is 11.9. The number of nitrogens with zero attached hydrogens (tertiary/aromatic N) is 4. The van der Waals surface area contributed by atoms with E-state index < -0.39 is 0 Å². The minimum atomic E-state index is 0.491. The predicted molar refractivity (Wildman–Crippen MR) is 229 cm³/mol.